The van der Waals surface area contributed by atoms with E-state index in [1.165, 1.54) is 0 Å². The fourth-order valence-electron chi connectivity index (χ4n) is 2.08. The van der Waals surface area contributed by atoms with Crippen molar-refractivity contribution >= 4 is 40.1 Å². The second-order valence-electron chi connectivity index (χ2n) is 5.49. The molecule has 0 aliphatic rings. The minimum absolute atomic E-state index is 0.0598. The smallest absolute Gasteiger partial charge is 0.252 e. The highest BCUT2D eigenvalue weighted by Gasteiger charge is 2.11. The molecule has 23 heavy (non-hydrogen) atoms. The first-order valence-electron chi connectivity index (χ1n) is 7.40. The number of amides is 2. The fourth-order valence-corrected chi connectivity index (χ4v) is 2.71. The van der Waals surface area contributed by atoms with Crippen LogP contribution in [0.1, 0.15) is 35.7 Å². The van der Waals surface area contributed by atoms with E-state index in [4.69, 9.17) is 0 Å². The van der Waals surface area contributed by atoms with E-state index >= 15 is 0 Å². The summed E-state index contributed by atoms with van der Waals surface area (Å²) < 4.78 is 0.854. The molecule has 0 heterocycles. The lowest BCUT2D eigenvalue weighted by Gasteiger charge is -2.10. The van der Waals surface area contributed by atoms with Gasteiger partial charge < -0.3 is 10.6 Å². The van der Waals surface area contributed by atoms with Crippen molar-refractivity contribution in [3.8, 4) is 0 Å². The first-order valence-corrected chi connectivity index (χ1v) is 8.48. The maximum atomic E-state index is 12.1. The molecule has 0 saturated heterocycles. The molecule has 0 bridgehead atoms. The summed E-state index contributed by atoms with van der Waals surface area (Å²) in [6.07, 6.45) is 0. The van der Waals surface area contributed by atoms with Crippen LogP contribution in [0.5, 0.6) is 0 Å². The molecule has 0 aliphatic heterocycles. The van der Waals surface area contributed by atoms with Crippen LogP contribution >= 0.6 is 22.6 Å². The SMILES string of the molecule is CC(C)c1cccc(NC(=O)CNC(=O)c2ccccc2I)c1. The molecule has 0 atom stereocenters. The van der Waals surface area contributed by atoms with E-state index in [0.29, 0.717) is 11.5 Å². The van der Waals surface area contributed by atoms with Gasteiger partial charge in [-0.3, -0.25) is 9.59 Å². The molecule has 0 fully saturated rings. The van der Waals surface area contributed by atoms with Crippen molar-refractivity contribution in [3.05, 3.63) is 63.2 Å². The molecule has 0 radical (unpaired) electrons. The first kappa shape index (κ1) is 17.5. The van der Waals surface area contributed by atoms with Crippen LogP contribution in [0.15, 0.2) is 48.5 Å². The number of nitrogens with one attached hydrogen (secondary N) is 2. The summed E-state index contributed by atoms with van der Waals surface area (Å²) in [5.41, 5.74) is 2.47. The second kappa shape index (κ2) is 8.10. The van der Waals surface area contributed by atoms with Crippen LogP contribution in [-0.2, 0) is 4.79 Å². The summed E-state index contributed by atoms with van der Waals surface area (Å²) in [5.74, 6) is -0.0991. The number of hydrogen-bond acceptors (Lipinski definition) is 2. The molecule has 0 aliphatic carbocycles. The quantitative estimate of drug-likeness (QED) is 0.721. The molecule has 4 nitrogen and oxygen atoms in total. The Morgan fingerprint density at radius 1 is 1.09 bits per heavy atom. The van der Waals surface area contributed by atoms with Gasteiger partial charge in [0.05, 0.1) is 12.1 Å². The van der Waals surface area contributed by atoms with Gasteiger partial charge in [-0.1, -0.05) is 38.1 Å². The fraction of sp³-hybridized carbons (Fsp3) is 0.222. The van der Waals surface area contributed by atoms with Crippen LogP contribution < -0.4 is 10.6 Å². The molecule has 2 N–H and O–H groups in total. The highest BCUT2D eigenvalue weighted by Crippen LogP contribution is 2.18. The third-order valence-corrected chi connectivity index (χ3v) is 4.31. The van der Waals surface area contributed by atoms with Crippen molar-refractivity contribution in [1.29, 1.82) is 0 Å². The number of carbonyl (C=O) groups excluding carboxylic acids is 2. The Kier molecular flexibility index (Phi) is 6.15. The largest absolute Gasteiger partial charge is 0.343 e. The minimum Gasteiger partial charge on any atom is -0.343 e. The van der Waals surface area contributed by atoms with E-state index in [2.05, 4.69) is 47.1 Å². The molecular weight excluding hydrogens is 403 g/mol. The van der Waals surface area contributed by atoms with Gasteiger partial charge in [0.15, 0.2) is 0 Å². The lowest BCUT2D eigenvalue weighted by atomic mass is 10.0. The zero-order chi connectivity index (χ0) is 16.8. The van der Waals surface area contributed by atoms with Crippen LogP contribution in [-0.4, -0.2) is 18.4 Å². The molecule has 0 spiro atoms. The van der Waals surface area contributed by atoms with Crippen molar-refractivity contribution in [2.75, 3.05) is 11.9 Å². The number of hydrogen-bond donors (Lipinski definition) is 2. The van der Waals surface area contributed by atoms with Crippen LogP contribution in [0.4, 0.5) is 5.69 Å². The van der Waals surface area contributed by atoms with E-state index in [1.807, 2.05) is 36.4 Å². The van der Waals surface area contributed by atoms with Crippen LogP contribution in [0.2, 0.25) is 0 Å². The summed E-state index contributed by atoms with van der Waals surface area (Å²) in [6.45, 7) is 4.14. The normalized spacial score (nSPS) is 10.4. The highest BCUT2D eigenvalue weighted by molar-refractivity contribution is 14.1. The zero-order valence-electron chi connectivity index (χ0n) is 13.1. The number of rotatable bonds is 5. The van der Waals surface area contributed by atoms with E-state index in [0.717, 1.165) is 14.8 Å². The van der Waals surface area contributed by atoms with Crippen molar-refractivity contribution in [3.63, 3.8) is 0 Å². The number of anilines is 1. The molecule has 2 rings (SSSR count). The average Bonchev–Trinajstić information content (AvgIpc) is 2.53. The molecule has 120 valence electrons. The Morgan fingerprint density at radius 2 is 1.83 bits per heavy atom. The topological polar surface area (TPSA) is 58.2 Å². The van der Waals surface area contributed by atoms with Gasteiger partial charge in [0.2, 0.25) is 5.91 Å². The molecule has 0 aromatic heterocycles. The third kappa shape index (κ3) is 5.06. The molecule has 2 aromatic rings. The monoisotopic (exact) mass is 422 g/mol. The van der Waals surface area contributed by atoms with E-state index in [-0.39, 0.29) is 18.4 Å². The van der Waals surface area contributed by atoms with Crippen LogP contribution in [0.3, 0.4) is 0 Å². The first-order chi connectivity index (χ1) is 11.0. The molecule has 0 saturated carbocycles. The van der Waals surface area contributed by atoms with Crippen molar-refractivity contribution in [2.45, 2.75) is 19.8 Å². The molecule has 0 unspecified atom stereocenters. The third-order valence-electron chi connectivity index (χ3n) is 3.37. The summed E-state index contributed by atoms with van der Waals surface area (Å²) >= 11 is 2.10. The van der Waals surface area contributed by atoms with Crippen LogP contribution in [0, 0.1) is 3.57 Å². The van der Waals surface area contributed by atoms with Gasteiger partial charge in [-0.25, -0.2) is 0 Å². The van der Waals surface area contributed by atoms with Gasteiger partial charge in [-0.15, -0.1) is 0 Å². The molecular formula is C18H19IN2O2. The van der Waals surface area contributed by atoms with Gasteiger partial charge in [-0.2, -0.15) is 0 Å². The van der Waals surface area contributed by atoms with E-state index in [1.54, 1.807) is 12.1 Å². The lowest BCUT2D eigenvalue weighted by Crippen LogP contribution is -2.33. The lowest BCUT2D eigenvalue weighted by molar-refractivity contribution is -0.115. The highest BCUT2D eigenvalue weighted by atomic mass is 127. The predicted molar refractivity (Wildman–Crippen MR) is 101 cm³/mol. The molecule has 2 aromatic carbocycles. The zero-order valence-corrected chi connectivity index (χ0v) is 15.3. The summed E-state index contributed by atoms with van der Waals surface area (Å²) in [6, 6.07) is 15.0. The van der Waals surface area contributed by atoms with Gasteiger partial charge >= 0.3 is 0 Å². The maximum Gasteiger partial charge on any atom is 0.252 e. The number of carbonyl (C=O) groups is 2. The van der Waals surface area contributed by atoms with Crippen LogP contribution in [0.25, 0.3) is 0 Å². The predicted octanol–water partition coefficient (Wildman–Crippen LogP) is 3.78. The Hall–Kier alpha value is -1.89. The Labute approximate surface area is 149 Å². The molecule has 5 heteroatoms. The number of halogens is 1. The van der Waals surface area contributed by atoms with Crippen molar-refractivity contribution < 1.29 is 9.59 Å². The minimum atomic E-state index is -0.249. The van der Waals surface area contributed by atoms with Gasteiger partial charge in [-0.05, 0) is 58.3 Å². The van der Waals surface area contributed by atoms with Gasteiger partial charge in [0.25, 0.3) is 5.91 Å². The standard InChI is InChI=1S/C18H19IN2O2/c1-12(2)13-6-5-7-14(10-13)21-17(22)11-20-18(23)15-8-3-4-9-16(15)19/h3-10,12H,11H2,1-2H3,(H,20,23)(H,21,22). The summed E-state index contributed by atoms with van der Waals surface area (Å²) in [5, 5.41) is 5.44. The summed E-state index contributed by atoms with van der Waals surface area (Å²) in [7, 11) is 0. The Bertz CT molecular complexity index is 714. The summed E-state index contributed by atoms with van der Waals surface area (Å²) in [4.78, 5) is 24.1. The maximum absolute atomic E-state index is 12.1. The van der Waals surface area contributed by atoms with E-state index < -0.39 is 0 Å². The average molecular weight is 422 g/mol. The Balaban J connectivity index is 1.92. The van der Waals surface area contributed by atoms with E-state index in [9.17, 15) is 9.59 Å². The number of benzene rings is 2. The van der Waals surface area contributed by atoms with Gasteiger partial charge in [0, 0.05) is 9.26 Å². The second-order valence-corrected chi connectivity index (χ2v) is 6.65. The Morgan fingerprint density at radius 3 is 2.52 bits per heavy atom. The van der Waals surface area contributed by atoms with Crippen molar-refractivity contribution in [2.24, 2.45) is 0 Å². The van der Waals surface area contributed by atoms with Crippen molar-refractivity contribution in [1.82, 2.24) is 5.32 Å². The molecule has 2 amide bonds. The van der Waals surface area contributed by atoms with Gasteiger partial charge in [0.1, 0.15) is 0 Å².